The second-order valence-corrected chi connectivity index (χ2v) is 7.31. The molecule has 1 unspecified atom stereocenters. The summed E-state index contributed by atoms with van der Waals surface area (Å²) < 4.78 is 5.17. The van der Waals surface area contributed by atoms with Gasteiger partial charge in [-0.3, -0.25) is 10.1 Å². The van der Waals surface area contributed by atoms with E-state index in [9.17, 15) is 19.5 Å². The molecule has 0 spiro atoms. The zero-order chi connectivity index (χ0) is 20.8. The number of benzene rings is 1. The van der Waals surface area contributed by atoms with E-state index in [1.807, 2.05) is 0 Å². The van der Waals surface area contributed by atoms with Gasteiger partial charge in [-0.15, -0.1) is 0 Å². The van der Waals surface area contributed by atoms with Crippen molar-refractivity contribution in [3.8, 4) is 5.75 Å². The topological polar surface area (TPSA) is 117 Å². The minimum atomic E-state index is -0.728. The van der Waals surface area contributed by atoms with Gasteiger partial charge in [-0.25, -0.2) is 9.59 Å². The lowest BCUT2D eigenvalue weighted by Gasteiger charge is -2.29. The molecule has 1 aliphatic heterocycles. The molecule has 1 saturated carbocycles. The summed E-state index contributed by atoms with van der Waals surface area (Å²) >= 11 is 0. The van der Waals surface area contributed by atoms with E-state index in [1.165, 1.54) is 6.07 Å². The number of phenols is 1. The fraction of sp³-hybridized carbons (Fsp3) is 0.476. The number of nitrogens with one attached hydrogen (secondary N) is 3. The summed E-state index contributed by atoms with van der Waals surface area (Å²) in [5.74, 6) is -1.76. The van der Waals surface area contributed by atoms with Gasteiger partial charge in [0, 0.05) is 23.9 Å². The lowest BCUT2D eigenvalue weighted by molar-refractivity contribution is -0.139. The predicted octanol–water partition coefficient (Wildman–Crippen LogP) is 2.40. The highest BCUT2D eigenvalue weighted by molar-refractivity contribution is 5.97. The van der Waals surface area contributed by atoms with Crippen molar-refractivity contribution in [3.05, 3.63) is 41.2 Å². The molecule has 3 rings (SSSR count). The molecule has 1 fully saturated rings. The summed E-state index contributed by atoms with van der Waals surface area (Å²) in [6.07, 6.45) is 5.06. The van der Waals surface area contributed by atoms with E-state index in [4.69, 9.17) is 4.74 Å². The minimum Gasteiger partial charge on any atom is -0.508 e. The standard InChI is InChI=1S/C21H27N3O5/c1-2-29-20(27)18-15(14-10-6-7-11-16(14)25)12-17(26)23-19(18)24-21(28)22-13-8-4-3-5-9-13/h6-7,10-11,13,15,25H,2-5,8-9,12H2,1H3,(H,23,26)(H2,22,24,28). The maximum absolute atomic E-state index is 12.7. The van der Waals surface area contributed by atoms with Gasteiger partial charge in [-0.2, -0.15) is 0 Å². The van der Waals surface area contributed by atoms with Crippen LogP contribution >= 0.6 is 0 Å². The third-order valence-corrected chi connectivity index (χ3v) is 5.26. The number of phenolic OH excluding ortho intramolecular Hbond substituents is 1. The first-order chi connectivity index (χ1) is 14.0. The molecule has 0 aromatic heterocycles. The van der Waals surface area contributed by atoms with E-state index in [1.54, 1.807) is 25.1 Å². The zero-order valence-electron chi connectivity index (χ0n) is 16.5. The van der Waals surface area contributed by atoms with Crippen LogP contribution < -0.4 is 16.0 Å². The number of carbonyl (C=O) groups excluding carboxylic acids is 3. The molecule has 0 radical (unpaired) electrons. The lowest BCUT2D eigenvalue weighted by atomic mass is 9.85. The van der Waals surface area contributed by atoms with Crippen molar-refractivity contribution in [2.24, 2.45) is 0 Å². The molecule has 8 heteroatoms. The molecule has 1 aromatic carbocycles. The zero-order valence-corrected chi connectivity index (χ0v) is 16.5. The Morgan fingerprint density at radius 2 is 1.93 bits per heavy atom. The van der Waals surface area contributed by atoms with E-state index in [2.05, 4.69) is 16.0 Å². The Labute approximate surface area is 169 Å². The highest BCUT2D eigenvalue weighted by Gasteiger charge is 2.36. The highest BCUT2D eigenvalue weighted by atomic mass is 16.5. The summed E-state index contributed by atoms with van der Waals surface area (Å²) in [6.45, 7) is 1.82. The van der Waals surface area contributed by atoms with Crippen LogP contribution in [0.3, 0.4) is 0 Å². The molecule has 3 amide bonds. The van der Waals surface area contributed by atoms with Gasteiger partial charge in [0.2, 0.25) is 5.91 Å². The number of esters is 1. The first-order valence-electron chi connectivity index (χ1n) is 10.1. The van der Waals surface area contributed by atoms with Gasteiger partial charge in [0.25, 0.3) is 0 Å². The Kier molecular flexibility index (Phi) is 6.74. The average molecular weight is 401 g/mol. The van der Waals surface area contributed by atoms with Gasteiger partial charge in [0.15, 0.2) is 0 Å². The largest absolute Gasteiger partial charge is 0.508 e. The van der Waals surface area contributed by atoms with Gasteiger partial charge in [0.1, 0.15) is 11.6 Å². The van der Waals surface area contributed by atoms with Crippen molar-refractivity contribution in [1.82, 2.24) is 16.0 Å². The Morgan fingerprint density at radius 3 is 2.62 bits per heavy atom. The van der Waals surface area contributed by atoms with Crippen LogP contribution in [0.1, 0.15) is 56.9 Å². The van der Waals surface area contributed by atoms with E-state index in [0.29, 0.717) is 5.56 Å². The Balaban J connectivity index is 1.90. The van der Waals surface area contributed by atoms with E-state index < -0.39 is 17.9 Å². The molecule has 8 nitrogen and oxygen atoms in total. The van der Waals surface area contributed by atoms with Crippen molar-refractivity contribution in [2.75, 3.05) is 6.61 Å². The quantitative estimate of drug-likeness (QED) is 0.565. The van der Waals surface area contributed by atoms with Crippen LogP contribution in [0.15, 0.2) is 35.7 Å². The van der Waals surface area contributed by atoms with Gasteiger partial charge in [-0.1, -0.05) is 37.5 Å². The first-order valence-corrected chi connectivity index (χ1v) is 10.1. The molecular formula is C21H27N3O5. The van der Waals surface area contributed by atoms with Gasteiger partial charge in [0.05, 0.1) is 12.2 Å². The molecular weight excluding hydrogens is 374 g/mol. The third-order valence-electron chi connectivity index (χ3n) is 5.26. The lowest BCUT2D eigenvalue weighted by Crippen LogP contribution is -2.48. The first kappa shape index (κ1) is 20.7. The number of amides is 3. The SMILES string of the molecule is CCOC(=O)C1=C(NC(=O)NC2CCCCC2)NC(=O)CC1c1ccccc1O. The Bertz CT molecular complexity index is 814. The van der Waals surface area contributed by atoms with Crippen LogP contribution in [0.5, 0.6) is 5.75 Å². The van der Waals surface area contributed by atoms with Gasteiger partial charge < -0.3 is 20.5 Å². The Hall–Kier alpha value is -3.03. The maximum Gasteiger partial charge on any atom is 0.338 e. The number of urea groups is 1. The number of ether oxygens (including phenoxy) is 1. The van der Waals surface area contributed by atoms with Crippen molar-refractivity contribution in [3.63, 3.8) is 0 Å². The van der Waals surface area contributed by atoms with Crippen LogP contribution in [-0.2, 0) is 14.3 Å². The summed E-state index contributed by atoms with van der Waals surface area (Å²) in [5.41, 5.74) is 0.545. The van der Waals surface area contributed by atoms with Crippen LogP contribution in [0.2, 0.25) is 0 Å². The number of hydrogen-bond acceptors (Lipinski definition) is 5. The molecule has 0 bridgehead atoms. The second kappa shape index (κ2) is 9.45. The fourth-order valence-corrected chi connectivity index (χ4v) is 3.90. The van der Waals surface area contributed by atoms with E-state index in [-0.39, 0.29) is 42.1 Å². The van der Waals surface area contributed by atoms with Gasteiger partial charge >= 0.3 is 12.0 Å². The van der Waals surface area contributed by atoms with Crippen LogP contribution in [0.25, 0.3) is 0 Å². The molecule has 156 valence electrons. The summed E-state index contributed by atoms with van der Waals surface area (Å²) in [7, 11) is 0. The molecule has 0 saturated heterocycles. The number of aromatic hydroxyl groups is 1. The smallest absolute Gasteiger partial charge is 0.338 e. The summed E-state index contributed by atoms with van der Waals surface area (Å²) in [6, 6.07) is 6.11. The van der Waals surface area contributed by atoms with Crippen LogP contribution in [0.4, 0.5) is 4.79 Å². The van der Waals surface area contributed by atoms with Crippen molar-refractivity contribution in [2.45, 2.75) is 57.4 Å². The predicted molar refractivity (Wildman–Crippen MR) is 106 cm³/mol. The van der Waals surface area contributed by atoms with Crippen LogP contribution in [0, 0.1) is 0 Å². The minimum absolute atomic E-state index is 0.00117. The normalized spacial score (nSPS) is 20.0. The van der Waals surface area contributed by atoms with Crippen molar-refractivity contribution < 1.29 is 24.2 Å². The summed E-state index contributed by atoms with van der Waals surface area (Å²) in [5, 5.41) is 18.4. The molecule has 4 N–H and O–H groups in total. The number of para-hydroxylation sites is 1. The monoisotopic (exact) mass is 401 g/mol. The number of hydrogen-bond donors (Lipinski definition) is 4. The number of rotatable bonds is 5. The average Bonchev–Trinajstić information content (AvgIpc) is 2.68. The maximum atomic E-state index is 12.7. The summed E-state index contributed by atoms with van der Waals surface area (Å²) in [4.78, 5) is 37.5. The van der Waals surface area contributed by atoms with Crippen molar-refractivity contribution in [1.29, 1.82) is 0 Å². The van der Waals surface area contributed by atoms with Gasteiger partial charge in [-0.05, 0) is 25.8 Å². The molecule has 1 aliphatic carbocycles. The fourth-order valence-electron chi connectivity index (χ4n) is 3.90. The molecule has 29 heavy (non-hydrogen) atoms. The third kappa shape index (κ3) is 5.07. The Morgan fingerprint density at radius 1 is 1.21 bits per heavy atom. The number of carbonyl (C=O) groups is 3. The van der Waals surface area contributed by atoms with E-state index in [0.717, 1.165) is 32.1 Å². The van der Waals surface area contributed by atoms with Crippen LogP contribution in [-0.4, -0.2) is 35.7 Å². The van der Waals surface area contributed by atoms with Crippen molar-refractivity contribution >= 4 is 17.9 Å². The molecule has 1 aromatic rings. The second-order valence-electron chi connectivity index (χ2n) is 7.31. The molecule has 1 atom stereocenters. The van der Waals surface area contributed by atoms with E-state index >= 15 is 0 Å². The molecule has 1 heterocycles. The highest BCUT2D eigenvalue weighted by Crippen LogP contribution is 2.37. The molecule has 2 aliphatic rings.